The summed E-state index contributed by atoms with van der Waals surface area (Å²) in [6.07, 6.45) is 2.49. The molecule has 2 N–H and O–H groups in total. The number of amides is 1. The standard InChI is InChI=1S/C9H15N3O/c1-2-7-11-8(13)9(12-7)3-5-10-6-4-9/h10H,2-6H2,1H3,(H,11,12,13). The maximum absolute atomic E-state index is 11.7. The van der Waals surface area contributed by atoms with Crippen LogP contribution in [0.25, 0.3) is 0 Å². The third-order valence-corrected chi connectivity index (χ3v) is 2.80. The molecule has 1 spiro atoms. The van der Waals surface area contributed by atoms with Crippen molar-refractivity contribution < 1.29 is 4.79 Å². The Balaban J connectivity index is 2.20. The molecule has 1 fully saturated rings. The Morgan fingerprint density at radius 2 is 2.15 bits per heavy atom. The lowest BCUT2D eigenvalue weighted by Gasteiger charge is -2.28. The average Bonchev–Trinajstić information content (AvgIpc) is 2.45. The Morgan fingerprint density at radius 3 is 2.69 bits per heavy atom. The van der Waals surface area contributed by atoms with Gasteiger partial charge in [-0.3, -0.25) is 9.79 Å². The highest BCUT2D eigenvalue weighted by atomic mass is 16.2. The number of nitrogens with one attached hydrogen (secondary N) is 2. The Bertz CT molecular complexity index is 254. The van der Waals surface area contributed by atoms with Gasteiger partial charge in [0.05, 0.1) is 0 Å². The van der Waals surface area contributed by atoms with Crippen molar-refractivity contribution in [3.63, 3.8) is 0 Å². The molecule has 1 saturated heterocycles. The Kier molecular flexibility index (Phi) is 2.07. The van der Waals surface area contributed by atoms with Crippen LogP contribution in [-0.4, -0.2) is 30.4 Å². The van der Waals surface area contributed by atoms with Gasteiger partial charge < -0.3 is 10.6 Å². The van der Waals surface area contributed by atoms with Crippen LogP contribution in [0.2, 0.25) is 0 Å². The maximum Gasteiger partial charge on any atom is 0.253 e. The van der Waals surface area contributed by atoms with Crippen molar-refractivity contribution in [3.8, 4) is 0 Å². The van der Waals surface area contributed by atoms with Crippen molar-refractivity contribution in [1.29, 1.82) is 0 Å². The van der Waals surface area contributed by atoms with Gasteiger partial charge in [-0.25, -0.2) is 0 Å². The van der Waals surface area contributed by atoms with E-state index in [2.05, 4.69) is 15.6 Å². The number of hydrogen-bond acceptors (Lipinski definition) is 3. The zero-order chi connectivity index (χ0) is 9.31. The van der Waals surface area contributed by atoms with Gasteiger partial charge in [0.2, 0.25) is 0 Å². The van der Waals surface area contributed by atoms with E-state index in [0.717, 1.165) is 38.2 Å². The Labute approximate surface area is 77.8 Å². The highest BCUT2D eigenvalue weighted by molar-refractivity contribution is 6.08. The van der Waals surface area contributed by atoms with Gasteiger partial charge in [-0.2, -0.15) is 0 Å². The van der Waals surface area contributed by atoms with Crippen molar-refractivity contribution in [3.05, 3.63) is 0 Å². The molecule has 4 heteroatoms. The molecule has 0 bridgehead atoms. The Hall–Kier alpha value is -0.900. The van der Waals surface area contributed by atoms with Crippen LogP contribution in [0.1, 0.15) is 26.2 Å². The fourth-order valence-electron chi connectivity index (χ4n) is 1.93. The van der Waals surface area contributed by atoms with Gasteiger partial charge in [0.25, 0.3) is 5.91 Å². The zero-order valence-electron chi connectivity index (χ0n) is 7.89. The quantitative estimate of drug-likeness (QED) is 0.600. The minimum absolute atomic E-state index is 0.103. The van der Waals surface area contributed by atoms with Crippen LogP contribution < -0.4 is 10.6 Å². The van der Waals surface area contributed by atoms with Gasteiger partial charge in [-0.15, -0.1) is 0 Å². The third-order valence-electron chi connectivity index (χ3n) is 2.80. The summed E-state index contributed by atoms with van der Waals surface area (Å²) in [5.41, 5.74) is -0.420. The minimum Gasteiger partial charge on any atom is -0.317 e. The van der Waals surface area contributed by atoms with Crippen molar-refractivity contribution in [2.45, 2.75) is 31.7 Å². The molecular formula is C9H15N3O. The van der Waals surface area contributed by atoms with Crippen LogP contribution in [0, 0.1) is 0 Å². The number of amidine groups is 1. The zero-order valence-corrected chi connectivity index (χ0v) is 7.89. The van der Waals surface area contributed by atoms with Crippen molar-refractivity contribution in [1.82, 2.24) is 10.6 Å². The molecule has 72 valence electrons. The fourth-order valence-corrected chi connectivity index (χ4v) is 1.93. The number of carbonyl (C=O) groups is 1. The molecule has 2 rings (SSSR count). The highest BCUT2D eigenvalue weighted by Crippen LogP contribution is 2.27. The second kappa shape index (κ2) is 3.10. The van der Waals surface area contributed by atoms with Crippen LogP contribution in [0.3, 0.4) is 0 Å². The SMILES string of the molecule is CCC1=NC2(CCNCC2)C(=O)N1. The number of aliphatic imine (C=N–C) groups is 1. The highest BCUT2D eigenvalue weighted by Gasteiger charge is 2.43. The van der Waals surface area contributed by atoms with E-state index in [-0.39, 0.29) is 5.91 Å². The number of carbonyl (C=O) groups excluding carboxylic acids is 1. The molecular weight excluding hydrogens is 166 g/mol. The molecule has 4 nitrogen and oxygen atoms in total. The number of hydrogen-bond donors (Lipinski definition) is 2. The summed E-state index contributed by atoms with van der Waals surface area (Å²) >= 11 is 0. The van der Waals surface area contributed by atoms with E-state index >= 15 is 0 Å². The van der Waals surface area contributed by atoms with Crippen molar-refractivity contribution in [2.24, 2.45) is 4.99 Å². The topological polar surface area (TPSA) is 53.5 Å². The average molecular weight is 181 g/mol. The van der Waals surface area contributed by atoms with Crippen LogP contribution in [-0.2, 0) is 4.79 Å². The second-order valence-corrected chi connectivity index (χ2v) is 3.65. The molecule has 1 amide bonds. The molecule has 0 aliphatic carbocycles. The van der Waals surface area contributed by atoms with Crippen LogP contribution in [0.4, 0.5) is 0 Å². The summed E-state index contributed by atoms with van der Waals surface area (Å²) in [5, 5.41) is 6.09. The van der Waals surface area contributed by atoms with Crippen LogP contribution in [0.15, 0.2) is 4.99 Å². The van der Waals surface area contributed by atoms with E-state index in [1.165, 1.54) is 0 Å². The van der Waals surface area contributed by atoms with Gasteiger partial charge in [0.1, 0.15) is 11.4 Å². The summed E-state index contributed by atoms with van der Waals surface area (Å²) in [5.74, 6) is 0.956. The molecule has 13 heavy (non-hydrogen) atoms. The Morgan fingerprint density at radius 1 is 1.46 bits per heavy atom. The summed E-state index contributed by atoms with van der Waals surface area (Å²) in [6.45, 7) is 3.81. The third kappa shape index (κ3) is 1.35. The first-order valence-corrected chi connectivity index (χ1v) is 4.88. The lowest BCUT2D eigenvalue weighted by Crippen LogP contribution is -2.47. The lowest BCUT2D eigenvalue weighted by atomic mass is 9.89. The van der Waals surface area contributed by atoms with E-state index in [4.69, 9.17) is 0 Å². The van der Waals surface area contributed by atoms with Gasteiger partial charge >= 0.3 is 0 Å². The summed E-state index contributed by atoms with van der Waals surface area (Å²) in [7, 11) is 0. The molecule has 0 aromatic rings. The van der Waals surface area contributed by atoms with E-state index in [1.54, 1.807) is 0 Å². The predicted octanol–water partition coefficient (Wildman–Crippen LogP) is 0.0469. The second-order valence-electron chi connectivity index (χ2n) is 3.65. The van der Waals surface area contributed by atoms with E-state index in [0.29, 0.717) is 0 Å². The van der Waals surface area contributed by atoms with Gasteiger partial charge in [0, 0.05) is 6.42 Å². The molecule has 0 aromatic heterocycles. The van der Waals surface area contributed by atoms with Gasteiger partial charge in [-0.1, -0.05) is 6.92 Å². The molecule has 2 aliphatic rings. The summed E-state index contributed by atoms with van der Waals surface area (Å²) < 4.78 is 0. The molecule has 0 saturated carbocycles. The number of rotatable bonds is 1. The van der Waals surface area contributed by atoms with E-state index in [9.17, 15) is 4.79 Å². The van der Waals surface area contributed by atoms with Gasteiger partial charge in [-0.05, 0) is 25.9 Å². The first-order chi connectivity index (χ1) is 6.27. The predicted molar refractivity (Wildman–Crippen MR) is 50.7 cm³/mol. The molecule has 2 heterocycles. The van der Waals surface area contributed by atoms with Crippen molar-refractivity contribution >= 4 is 11.7 Å². The largest absolute Gasteiger partial charge is 0.317 e. The monoisotopic (exact) mass is 181 g/mol. The molecule has 0 aromatic carbocycles. The smallest absolute Gasteiger partial charge is 0.253 e. The van der Waals surface area contributed by atoms with Crippen LogP contribution in [0.5, 0.6) is 0 Å². The van der Waals surface area contributed by atoms with E-state index in [1.807, 2.05) is 6.92 Å². The van der Waals surface area contributed by atoms with Gasteiger partial charge in [0.15, 0.2) is 0 Å². The summed E-state index contributed by atoms with van der Waals surface area (Å²) in [4.78, 5) is 16.2. The lowest BCUT2D eigenvalue weighted by molar-refractivity contribution is -0.124. The molecule has 0 unspecified atom stereocenters. The molecule has 0 atom stereocenters. The first kappa shape index (κ1) is 8.69. The van der Waals surface area contributed by atoms with Crippen molar-refractivity contribution in [2.75, 3.05) is 13.1 Å². The number of piperidine rings is 1. The van der Waals surface area contributed by atoms with E-state index < -0.39 is 5.54 Å². The summed E-state index contributed by atoms with van der Waals surface area (Å²) in [6, 6.07) is 0. The molecule has 2 aliphatic heterocycles. The first-order valence-electron chi connectivity index (χ1n) is 4.88. The van der Waals surface area contributed by atoms with Crippen LogP contribution >= 0.6 is 0 Å². The minimum atomic E-state index is -0.420. The number of nitrogens with zero attached hydrogens (tertiary/aromatic N) is 1. The molecule has 0 radical (unpaired) electrons. The fraction of sp³-hybridized carbons (Fsp3) is 0.778. The normalized spacial score (nSPS) is 25.9. The maximum atomic E-state index is 11.7.